The van der Waals surface area contributed by atoms with Crippen molar-refractivity contribution in [3.8, 4) is 0 Å². The maximum atomic E-state index is 12.8. The van der Waals surface area contributed by atoms with E-state index in [1.807, 2.05) is 12.1 Å². The second kappa shape index (κ2) is 6.59. The molecule has 2 N–H and O–H groups in total. The van der Waals surface area contributed by atoms with E-state index in [-0.39, 0.29) is 17.7 Å². The van der Waals surface area contributed by atoms with Crippen molar-refractivity contribution in [2.24, 2.45) is 5.92 Å². The third-order valence-electron chi connectivity index (χ3n) is 5.65. The smallest absolute Gasteiger partial charge is 0.255 e. The lowest BCUT2D eigenvalue weighted by molar-refractivity contribution is -0.136. The van der Waals surface area contributed by atoms with Crippen LogP contribution in [0.4, 0.5) is 0 Å². The van der Waals surface area contributed by atoms with Gasteiger partial charge in [-0.15, -0.1) is 0 Å². The molecule has 2 fully saturated rings. The van der Waals surface area contributed by atoms with E-state index in [9.17, 15) is 14.4 Å². The molecule has 2 saturated heterocycles. The minimum atomic E-state index is -0.538. The van der Waals surface area contributed by atoms with Crippen LogP contribution in [-0.2, 0) is 22.6 Å². The molecule has 0 radical (unpaired) electrons. The van der Waals surface area contributed by atoms with Crippen LogP contribution >= 0.6 is 0 Å². The lowest BCUT2D eigenvalue weighted by atomic mass is 9.88. The molecule has 1 unspecified atom stereocenters. The maximum Gasteiger partial charge on any atom is 0.255 e. The summed E-state index contributed by atoms with van der Waals surface area (Å²) in [6.07, 6.45) is 4.01. The van der Waals surface area contributed by atoms with Gasteiger partial charge < -0.3 is 10.2 Å². The molecule has 0 aromatic heterocycles. The van der Waals surface area contributed by atoms with Gasteiger partial charge in [0, 0.05) is 18.5 Å². The molecule has 3 aliphatic rings. The van der Waals surface area contributed by atoms with Crippen molar-refractivity contribution < 1.29 is 14.4 Å². The molecule has 3 aliphatic heterocycles. The van der Waals surface area contributed by atoms with E-state index in [0.717, 1.165) is 43.5 Å². The molecule has 1 atom stereocenters. The van der Waals surface area contributed by atoms with Crippen LogP contribution in [0.2, 0.25) is 0 Å². The summed E-state index contributed by atoms with van der Waals surface area (Å²) in [4.78, 5) is 38.0. The Morgan fingerprint density at radius 1 is 1.08 bits per heavy atom. The zero-order valence-electron chi connectivity index (χ0n) is 14.2. The van der Waals surface area contributed by atoms with Gasteiger partial charge in [0.1, 0.15) is 6.04 Å². The first-order chi connectivity index (χ1) is 12.1. The number of amides is 3. The number of imide groups is 1. The number of carbonyl (C=O) groups is 3. The number of nitrogens with zero attached hydrogens (tertiary/aromatic N) is 1. The summed E-state index contributed by atoms with van der Waals surface area (Å²) in [6.45, 7) is 2.59. The molecule has 0 saturated carbocycles. The number of benzene rings is 1. The number of hydrogen-bond donors (Lipinski definition) is 2. The summed E-state index contributed by atoms with van der Waals surface area (Å²) < 4.78 is 0. The zero-order valence-corrected chi connectivity index (χ0v) is 14.2. The highest BCUT2D eigenvalue weighted by molar-refractivity contribution is 6.05. The third-order valence-corrected chi connectivity index (χ3v) is 5.65. The summed E-state index contributed by atoms with van der Waals surface area (Å²) in [5.74, 6) is -0.0431. The van der Waals surface area contributed by atoms with E-state index in [1.165, 1.54) is 5.56 Å². The fourth-order valence-corrected chi connectivity index (χ4v) is 4.24. The maximum absolute atomic E-state index is 12.8. The van der Waals surface area contributed by atoms with Crippen LogP contribution in [0, 0.1) is 5.92 Å². The Morgan fingerprint density at radius 3 is 2.64 bits per heavy atom. The highest BCUT2D eigenvalue weighted by atomic mass is 16.2. The lowest BCUT2D eigenvalue weighted by Crippen LogP contribution is -2.52. The van der Waals surface area contributed by atoms with Crippen molar-refractivity contribution in [1.29, 1.82) is 0 Å². The van der Waals surface area contributed by atoms with Gasteiger partial charge in [0.05, 0.1) is 0 Å². The number of nitrogens with one attached hydrogen (secondary N) is 2. The molecule has 3 heterocycles. The normalized spacial score (nSPS) is 24.4. The summed E-state index contributed by atoms with van der Waals surface area (Å²) in [5, 5.41) is 5.74. The molecule has 0 bridgehead atoms. The first-order valence-corrected chi connectivity index (χ1v) is 9.09. The van der Waals surface area contributed by atoms with Crippen LogP contribution < -0.4 is 10.6 Å². The van der Waals surface area contributed by atoms with Gasteiger partial charge in [0.25, 0.3) is 5.91 Å². The van der Waals surface area contributed by atoms with Gasteiger partial charge >= 0.3 is 0 Å². The van der Waals surface area contributed by atoms with Gasteiger partial charge in [0.15, 0.2) is 0 Å². The average molecular weight is 341 g/mol. The Labute approximate surface area is 147 Å². The van der Waals surface area contributed by atoms with Gasteiger partial charge in [0.2, 0.25) is 11.8 Å². The Hall–Kier alpha value is -2.21. The van der Waals surface area contributed by atoms with Crippen molar-refractivity contribution in [2.75, 3.05) is 13.1 Å². The van der Waals surface area contributed by atoms with Crippen molar-refractivity contribution in [2.45, 2.75) is 44.7 Å². The zero-order chi connectivity index (χ0) is 17.4. The fourth-order valence-electron chi connectivity index (χ4n) is 4.24. The van der Waals surface area contributed by atoms with Crippen LogP contribution in [0.15, 0.2) is 18.2 Å². The molecule has 3 amide bonds. The monoisotopic (exact) mass is 341 g/mol. The summed E-state index contributed by atoms with van der Waals surface area (Å²) in [6, 6.07) is 5.38. The second-order valence-corrected chi connectivity index (χ2v) is 7.24. The molecule has 6 heteroatoms. The van der Waals surface area contributed by atoms with E-state index in [0.29, 0.717) is 25.3 Å². The van der Waals surface area contributed by atoms with Crippen LogP contribution in [-0.4, -0.2) is 41.8 Å². The number of rotatable bonds is 3. The average Bonchev–Trinajstić information content (AvgIpc) is 2.94. The largest absolute Gasteiger partial charge is 0.322 e. The van der Waals surface area contributed by atoms with E-state index >= 15 is 0 Å². The number of hydrogen-bond acceptors (Lipinski definition) is 4. The standard InChI is InChI=1S/C19H23N3O3/c23-17-5-4-16(18(24)21-17)22-11-15-13(2-1-3-14(15)19(22)25)10-12-6-8-20-9-7-12/h1-3,12,16,20H,4-11H2,(H,21,23,24). The van der Waals surface area contributed by atoms with Crippen molar-refractivity contribution in [1.82, 2.24) is 15.5 Å². The van der Waals surface area contributed by atoms with Gasteiger partial charge in [-0.25, -0.2) is 0 Å². The van der Waals surface area contributed by atoms with Crippen molar-refractivity contribution >= 4 is 17.7 Å². The molecule has 6 nitrogen and oxygen atoms in total. The van der Waals surface area contributed by atoms with Crippen LogP contribution in [0.3, 0.4) is 0 Å². The summed E-state index contributed by atoms with van der Waals surface area (Å²) in [7, 11) is 0. The summed E-state index contributed by atoms with van der Waals surface area (Å²) >= 11 is 0. The molecular formula is C19H23N3O3. The topological polar surface area (TPSA) is 78.5 Å². The van der Waals surface area contributed by atoms with Gasteiger partial charge in [-0.1, -0.05) is 12.1 Å². The lowest BCUT2D eigenvalue weighted by Gasteiger charge is -2.29. The Balaban J connectivity index is 1.55. The van der Waals surface area contributed by atoms with Gasteiger partial charge in [-0.2, -0.15) is 0 Å². The molecule has 0 spiro atoms. The molecular weight excluding hydrogens is 318 g/mol. The van der Waals surface area contributed by atoms with Crippen LogP contribution in [0.25, 0.3) is 0 Å². The Bertz CT molecular complexity index is 725. The van der Waals surface area contributed by atoms with Gasteiger partial charge in [-0.3, -0.25) is 19.7 Å². The quantitative estimate of drug-likeness (QED) is 0.804. The number of fused-ring (bicyclic) bond motifs is 1. The second-order valence-electron chi connectivity index (χ2n) is 7.24. The Kier molecular flexibility index (Phi) is 4.29. The molecule has 1 aromatic rings. The fraction of sp³-hybridized carbons (Fsp3) is 0.526. The first kappa shape index (κ1) is 16.3. The van der Waals surface area contributed by atoms with Crippen LogP contribution in [0.5, 0.6) is 0 Å². The third kappa shape index (κ3) is 3.06. The minimum absolute atomic E-state index is 0.0864. The minimum Gasteiger partial charge on any atom is -0.322 e. The van der Waals surface area contributed by atoms with Crippen molar-refractivity contribution in [3.63, 3.8) is 0 Å². The van der Waals surface area contributed by atoms with Crippen molar-refractivity contribution in [3.05, 3.63) is 34.9 Å². The number of piperidine rings is 2. The predicted octanol–water partition coefficient (Wildman–Crippen LogP) is 0.990. The van der Waals surface area contributed by atoms with Crippen LogP contribution in [0.1, 0.15) is 47.2 Å². The first-order valence-electron chi connectivity index (χ1n) is 9.09. The van der Waals surface area contributed by atoms with E-state index in [2.05, 4.69) is 16.7 Å². The van der Waals surface area contributed by atoms with E-state index < -0.39 is 6.04 Å². The van der Waals surface area contributed by atoms with E-state index in [4.69, 9.17) is 0 Å². The molecule has 4 rings (SSSR count). The highest BCUT2D eigenvalue weighted by Gasteiger charge is 2.39. The summed E-state index contributed by atoms with van der Waals surface area (Å²) in [5.41, 5.74) is 3.01. The molecule has 25 heavy (non-hydrogen) atoms. The highest BCUT2D eigenvalue weighted by Crippen LogP contribution is 2.31. The SMILES string of the molecule is O=C1CCC(N2Cc3c(CC4CCNCC4)cccc3C2=O)C(=O)N1. The Morgan fingerprint density at radius 2 is 1.88 bits per heavy atom. The predicted molar refractivity (Wildman–Crippen MR) is 91.8 cm³/mol. The number of carbonyl (C=O) groups excluding carboxylic acids is 3. The van der Waals surface area contributed by atoms with Gasteiger partial charge in [-0.05, 0) is 61.9 Å². The molecule has 0 aliphatic carbocycles. The van der Waals surface area contributed by atoms with E-state index in [1.54, 1.807) is 4.90 Å². The molecule has 132 valence electrons. The molecule has 1 aromatic carbocycles.